The molecule has 8 heteroatoms. The Kier molecular flexibility index (Phi) is 7.32. The zero-order valence-electron chi connectivity index (χ0n) is 17.3. The van der Waals surface area contributed by atoms with Gasteiger partial charge in [0.25, 0.3) is 5.56 Å². The number of ether oxygens (including phenoxy) is 1. The molecular formula is C23H27ClN4O3. The fourth-order valence-electron chi connectivity index (χ4n) is 3.82. The van der Waals surface area contributed by atoms with Crippen LogP contribution in [0.4, 0.5) is 0 Å². The van der Waals surface area contributed by atoms with Crippen molar-refractivity contribution in [1.82, 2.24) is 19.8 Å². The summed E-state index contributed by atoms with van der Waals surface area (Å²) in [4.78, 5) is 24.2. The molecule has 0 spiro atoms. The van der Waals surface area contributed by atoms with Crippen molar-refractivity contribution in [2.24, 2.45) is 0 Å². The smallest absolute Gasteiger partial charge is 0.258 e. The average Bonchev–Trinajstić information content (AvgIpc) is 2.76. The number of piperazine rings is 1. The Labute approximate surface area is 186 Å². The van der Waals surface area contributed by atoms with E-state index >= 15 is 0 Å². The Bertz CT molecular complexity index is 1070. The molecule has 1 aliphatic heterocycles. The van der Waals surface area contributed by atoms with Crippen LogP contribution in [0, 0.1) is 0 Å². The van der Waals surface area contributed by atoms with E-state index < -0.39 is 6.10 Å². The lowest BCUT2D eigenvalue weighted by Crippen LogP contribution is -2.48. The van der Waals surface area contributed by atoms with Crippen LogP contribution >= 0.6 is 11.6 Å². The van der Waals surface area contributed by atoms with Crippen molar-refractivity contribution in [3.8, 4) is 0 Å². The Hall–Kier alpha value is -2.29. The molecule has 2 heterocycles. The number of aromatic nitrogens is 2. The number of aliphatic hydroxyl groups excluding tert-OH is 1. The summed E-state index contributed by atoms with van der Waals surface area (Å²) in [6.07, 6.45) is -0.549. The second kappa shape index (κ2) is 10.3. The molecule has 4 rings (SSSR count). The van der Waals surface area contributed by atoms with Gasteiger partial charge < -0.3 is 14.8 Å². The summed E-state index contributed by atoms with van der Waals surface area (Å²) >= 11 is 6.12. The molecule has 1 aromatic heterocycles. The Morgan fingerprint density at radius 1 is 1.06 bits per heavy atom. The first-order valence-corrected chi connectivity index (χ1v) is 10.9. The fourth-order valence-corrected chi connectivity index (χ4v) is 4.01. The zero-order valence-corrected chi connectivity index (χ0v) is 18.1. The summed E-state index contributed by atoms with van der Waals surface area (Å²) in [5.74, 6) is 0.685. The molecule has 0 radical (unpaired) electrons. The largest absolute Gasteiger partial charge is 0.389 e. The number of hydrogen-bond acceptors (Lipinski definition) is 6. The first-order chi connectivity index (χ1) is 15.1. The van der Waals surface area contributed by atoms with Gasteiger partial charge in [-0.3, -0.25) is 14.6 Å². The van der Waals surface area contributed by atoms with Crippen LogP contribution in [0.3, 0.4) is 0 Å². The number of nitrogens with one attached hydrogen (secondary N) is 1. The maximum Gasteiger partial charge on any atom is 0.258 e. The summed E-state index contributed by atoms with van der Waals surface area (Å²) in [7, 11) is 0. The molecule has 3 aromatic rings. The number of fused-ring (bicyclic) bond motifs is 1. The number of para-hydroxylation sites is 1. The number of β-amino-alcohol motifs (C(OH)–C–C–N with tert-alkyl or cyclic N) is 1. The van der Waals surface area contributed by atoms with Crippen LogP contribution < -0.4 is 5.56 Å². The van der Waals surface area contributed by atoms with Gasteiger partial charge in [-0.15, -0.1) is 0 Å². The van der Waals surface area contributed by atoms with Gasteiger partial charge in [0, 0.05) is 37.7 Å². The van der Waals surface area contributed by atoms with Crippen LogP contribution in [0.25, 0.3) is 10.9 Å². The number of aliphatic hydroxyl groups is 1. The van der Waals surface area contributed by atoms with Crippen molar-refractivity contribution in [3.63, 3.8) is 0 Å². The first kappa shape index (κ1) is 21.9. The minimum Gasteiger partial charge on any atom is -0.389 e. The molecule has 7 nitrogen and oxygen atoms in total. The quantitative estimate of drug-likeness (QED) is 0.557. The van der Waals surface area contributed by atoms with E-state index in [1.165, 1.54) is 0 Å². The van der Waals surface area contributed by atoms with Gasteiger partial charge in [-0.2, -0.15) is 0 Å². The molecular weight excluding hydrogens is 416 g/mol. The van der Waals surface area contributed by atoms with Crippen molar-refractivity contribution in [2.45, 2.75) is 19.3 Å². The molecule has 0 amide bonds. The van der Waals surface area contributed by atoms with E-state index in [0.29, 0.717) is 35.9 Å². The Morgan fingerprint density at radius 2 is 1.77 bits per heavy atom. The molecule has 0 saturated carbocycles. The van der Waals surface area contributed by atoms with Gasteiger partial charge in [-0.05, 0) is 23.8 Å². The SMILES string of the molecule is O=c1[nH]c(CN2CCN(C[C@H](O)COCc3ccccc3Cl)CC2)nc2ccccc12. The van der Waals surface area contributed by atoms with E-state index in [2.05, 4.69) is 19.8 Å². The van der Waals surface area contributed by atoms with Crippen molar-refractivity contribution >= 4 is 22.5 Å². The van der Waals surface area contributed by atoms with Gasteiger partial charge in [0.1, 0.15) is 5.82 Å². The third-order valence-electron chi connectivity index (χ3n) is 5.49. The molecule has 1 atom stereocenters. The lowest BCUT2D eigenvalue weighted by molar-refractivity contribution is 0.000736. The van der Waals surface area contributed by atoms with E-state index in [9.17, 15) is 9.90 Å². The first-order valence-electron chi connectivity index (χ1n) is 10.5. The van der Waals surface area contributed by atoms with Crippen LogP contribution in [-0.4, -0.2) is 70.3 Å². The number of H-pyrrole nitrogens is 1. The van der Waals surface area contributed by atoms with Gasteiger partial charge in [-0.25, -0.2) is 4.98 Å². The van der Waals surface area contributed by atoms with Crippen LogP contribution in [-0.2, 0) is 17.9 Å². The van der Waals surface area contributed by atoms with E-state index in [-0.39, 0.29) is 12.2 Å². The molecule has 1 saturated heterocycles. The molecule has 164 valence electrons. The highest BCUT2D eigenvalue weighted by atomic mass is 35.5. The highest BCUT2D eigenvalue weighted by Gasteiger charge is 2.20. The molecule has 0 aliphatic carbocycles. The van der Waals surface area contributed by atoms with Gasteiger partial charge in [-0.1, -0.05) is 41.9 Å². The van der Waals surface area contributed by atoms with Gasteiger partial charge >= 0.3 is 0 Å². The topological polar surface area (TPSA) is 81.7 Å². The van der Waals surface area contributed by atoms with E-state index in [1.54, 1.807) is 6.07 Å². The molecule has 31 heavy (non-hydrogen) atoms. The Morgan fingerprint density at radius 3 is 2.58 bits per heavy atom. The number of benzene rings is 2. The maximum absolute atomic E-state index is 12.2. The summed E-state index contributed by atoms with van der Waals surface area (Å²) in [5, 5.41) is 11.6. The number of rotatable bonds is 8. The second-order valence-corrected chi connectivity index (χ2v) is 8.27. The van der Waals surface area contributed by atoms with Crippen molar-refractivity contribution in [2.75, 3.05) is 39.3 Å². The number of halogens is 1. The predicted molar refractivity (Wildman–Crippen MR) is 121 cm³/mol. The summed E-state index contributed by atoms with van der Waals surface area (Å²) in [6.45, 7) is 5.24. The summed E-state index contributed by atoms with van der Waals surface area (Å²) in [6, 6.07) is 14.9. The van der Waals surface area contributed by atoms with Crippen LogP contribution in [0.15, 0.2) is 53.3 Å². The molecule has 2 N–H and O–H groups in total. The van der Waals surface area contributed by atoms with Gasteiger partial charge in [0.2, 0.25) is 0 Å². The van der Waals surface area contributed by atoms with Crippen molar-refractivity contribution in [3.05, 3.63) is 75.3 Å². The third-order valence-corrected chi connectivity index (χ3v) is 5.86. The monoisotopic (exact) mass is 442 g/mol. The lowest BCUT2D eigenvalue weighted by Gasteiger charge is -2.35. The maximum atomic E-state index is 12.2. The second-order valence-electron chi connectivity index (χ2n) is 7.87. The number of hydrogen-bond donors (Lipinski definition) is 2. The standard InChI is InChI=1S/C23H27ClN4O3/c24-20-7-3-1-5-17(20)15-31-16-18(29)13-27-9-11-28(12-10-27)14-22-25-21-8-4-2-6-19(21)23(30)26-22/h1-8,18,29H,9-16H2,(H,25,26,30)/t18-/m0/s1. The molecule has 2 aromatic carbocycles. The van der Waals surface area contributed by atoms with Crippen LogP contribution in [0.5, 0.6) is 0 Å². The van der Waals surface area contributed by atoms with Crippen molar-refractivity contribution < 1.29 is 9.84 Å². The lowest BCUT2D eigenvalue weighted by atomic mass is 10.2. The fraction of sp³-hybridized carbons (Fsp3) is 0.391. The van der Waals surface area contributed by atoms with E-state index in [4.69, 9.17) is 16.3 Å². The van der Waals surface area contributed by atoms with Gasteiger partial charge in [0.05, 0.1) is 36.8 Å². The zero-order chi connectivity index (χ0) is 21.6. The third kappa shape index (κ3) is 5.90. The van der Waals surface area contributed by atoms with E-state index in [1.807, 2.05) is 42.5 Å². The summed E-state index contributed by atoms with van der Waals surface area (Å²) in [5.41, 5.74) is 1.55. The summed E-state index contributed by atoms with van der Waals surface area (Å²) < 4.78 is 5.64. The highest BCUT2D eigenvalue weighted by Crippen LogP contribution is 2.16. The van der Waals surface area contributed by atoms with Crippen LogP contribution in [0.2, 0.25) is 5.02 Å². The Balaban J connectivity index is 1.21. The van der Waals surface area contributed by atoms with Gasteiger partial charge in [0.15, 0.2) is 0 Å². The minimum atomic E-state index is -0.549. The molecule has 0 bridgehead atoms. The normalized spacial score (nSPS) is 16.6. The molecule has 0 unspecified atom stereocenters. The predicted octanol–water partition coefficient (Wildman–Crippen LogP) is 2.27. The minimum absolute atomic E-state index is 0.0980. The van der Waals surface area contributed by atoms with Crippen LogP contribution in [0.1, 0.15) is 11.4 Å². The molecule has 1 fully saturated rings. The van der Waals surface area contributed by atoms with E-state index in [0.717, 1.165) is 37.3 Å². The number of nitrogens with zero attached hydrogens (tertiary/aromatic N) is 3. The number of aromatic amines is 1. The molecule has 1 aliphatic rings. The highest BCUT2D eigenvalue weighted by molar-refractivity contribution is 6.31. The average molecular weight is 443 g/mol. The van der Waals surface area contributed by atoms with Crippen molar-refractivity contribution in [1.29, 1.82) is 0 Å².